The maximum Gasteiger partial charge on any atom is 0.407 e. The Hall–Kier alpha value is -3.68. The van der Waals surface area contributed by atoms with Crippen LogP contribution in [0.25, 0.3) is 0 Å². The summed E-state index contributed by atoms with van der Waals surface area (Å²) >= 11 is 0. The van der Waals surface area contributed by atoms with E-state index in [9.17, 15) is 33.9 Å². The number of carbonyl (C=O) groups excluding carboxylic acids is 6. The van der Waals surface area contributed by atoms with Gasteiger partial charge in [-0.1, -0.05) is 83.5 Å². The van der Waals surface area contributed by atoms with Gasteiger partial charge in [0.2, 0.25) is 0 Å². The van der Waals surface area contributed by atoms with Crippen LogP contribution in [-0.2, 0) is 80.2 Å². The molecule has 0 saturated carbocycles. The molecule has 68 heavy (non-hydrogen) atoms. The molecule has 0 aromatic rings. The molecule has 0 rings (SSSR count). The number of alkyl carbamates (subject to hydrolysis) is 4. The molecule has 0 fully saturated rings. The average Bonchev–Trinajstić information content (AvgIpc) is 3.28. The Labute approximate surface area is 433 Å². The van der Waals surface area contributed by atoms with Crippen molar-refractivity contribution in [1.29, 1.82) is 0 Å². The van der Waals surface area contributed by atoms with Crippen LogP contribution in [0.4, 0.5) is 19.2 Å². The second kappa shape index (κ2) is 47.0. The normalized spacial score (nSPS) is 10.8. The van der Waals surface area contributed by atoms with Gasteiger partial charge in [0.25, 0.3) is 0 Å². The Morgan fingerprint density at radius 1 is 0.559 bits per heavy atom. The maximum atomic E-state index is 11.7. The third kappa shape index (κ3) is 48.8. The third-order valence-corrected chi connectivity index (χ3v) is 14.0. The summed E-state index contributed by atoms with van der Waals surface area (Å²) in [7, 11) is -2.33. The number of hydrogen-bond acceptors (Lipinski definition) is 15. The Balaban J connectivity index is -0.00000123. The fourth-order valence-corrected chi connectivity index (χ4v) is 8.09. The van der Waals surface area contributed by atoms with Crippen LogP contribution in [-0.4, -0.2) is 150 Å². The summed E-state index contributed by atoms with van der Waals surface area (Å²) in [5.74, 6) is 1.57. The van der Waals surface area contributed by atoms with Gasteiger partial charge in [-0.05, 0) is 51.9 Å². The molecule has 1 unspecified atom stereocenters. The number of nitrogens with one attached hydrogen (secondary N) is 4. The Morgan fingerprint density at radius 3 is 1.28 bits per heavy atom. The molecule has 0 aromatic carbocycles. The third-order valence-electron chi connectivity index (χ3n) is 9.12. The summed E-state index contributed by atoms with van der Waals surface area (Å²) in [5.41, 5.74) is -0.0133. The molecule has 0 aromatic heterocycles. The molecule has 5 N–H and O–H groups in total. The average molecular weight is 1080 g/mol. The number of hydrogen-bond donors (Lipinski definition) is 5. The number of aliphatic hydroxyl groups is 1. The van der Waals surface area contributed by atoms with Gasteiger partial charge in [0.1, 0.15) is 58.1 Å². The van der Waals surface area contributed by atoms with Crippen molar-refractivity contribution < 1.29 is 104 Å². The molecule has 19 nitrogen and oxygen atoms in total. The van der Waals surface area contributed by atoms with E-state index < -0.39 is 58.9 Å². The van der Waals surface area contributed by atoms with Gasteiger partial charge in [-0.15, -0.1) is 0 Å². The van der Waals surface area contributed by atoms with Crippen LogP contribution in [0.2, 0.25) is 38.3 Å². The number of esters is 2. The molecule has 1 radical (unpaired) electrons. The van der Waals surface area contributed by atoms with Gasteiger partial charge in [0, 0.05) is 84.7 Å². The van der Waals surface area contributed by atoms with Crippen molar-refractivity contribution in [2.45, 2.75) is 128 Å². The SMILES string of the molecule is C=C(C)C(=O)OCCOC(=O)NCCCCCCNC(=O)OCCOC#CC(O)[SiH](C)C.C=C(C)C(=O)OCCOC(=O)NCCCCCCNC(=O)OCCOCCC[Si](C)(C)CCC[CH2-].[Y]. The van der Waals surface area contributed by atoms with Gasteiger partial charge in [-0.25, -0.2) is 28.8 Å². The van der Waals surface area contributed by atoms with Crippen LogP contribution in [0.15, 0.2) is 24.3 Å². The van der Waals surface area contributed by atoms with Crippen LogP contribution in [0.3, 0.4) is 0 Å². The van der Waals surface area contributed by atoms with Crippen molar-refractivity contribution in [3.63, 3.8) is 0 Å². The number of rotatable bonds is 36. The molecule has 0 aliphatic rings. The predicted octanol–water partition coefficient (Wildman–Crippen LogP) is 6.33. The van der Waals surface area contributed by atoms with Gasteiger partial charge < -0.3 is 71.2 Å². The zero-order valence-electron chi connectivity index (χ0n) is 41.9. The molecule has 0 aliphatic carbocycles. The van der Waals surface area contributed by atoms with E-state index >= 15 is 0 Å². The minimum atomic E-state index is -1.22. The standard InChI is InChI=1S/C25H47N2O7Si.C21H36N2O8Si.Y/c1-6-7-20-35(4,5)21-12-15-31-16-17-33-24(29)26-13-10-8-9-11-14-27-25(30)34-19-18-32-23(28)22(2)3;1-17(2)19(25)29-15-16-31-21(27)23-11-8-6-5-7-10-22-20(26)30-14-13-28-12-9-18(24)32(3)4;/h1-2,6-21H2,3-5H3,(H,26,29)(H,27,30);18,24,32H,1,5-8,10-11,13-16H2,2-4H3,(H,22,26)(H,23,27);/q-1;;. The van der Waals surface area contributed by atoms with E-state index in [0.29, 0.717) is 45.0 Å². The van der Waals surface area contributed by atoms with Crippen molar-refractivity contribution in [3.05, 3.63) is 31.2 Å². The van der Waals surface area contributed by atoms with E-state index in [-0.39, 0.29) is 84.5 Å². The quantitative estimate of drug-likeness (QED) is 0.00876. The second-order valence-corrected chi connectivity index (χ2v) is 25.0. The molecule has 0 spiro atoms. The first-order chi connectivity index (χ1) is 31.9. The van der Waals surface area contributed by atoms with E-state index in [1.54, 1.807) is 6.92 Å². The number of ether oxygens (including phenoxy) is 8. The molecule has 22 heteroatoms. The second-order valence-electron chi connectivity index (χ2n) is 16.5. The Bertz CT molecular complexity index is 1480. The minimum absolute atomic E-state index is 0. The first kappa shape index (κ1) is 68.6. The molecular weight excluding hydrogens is 994 g/mol. The summed E-state index contributed by atoms with van der Waals surface area (Å²) < 4.78 is 40.0. The van der Waals surface area contributed by atoms with Crippen molar-refractivity contribution in [3.8, 4) is 12.0 Å². The fraction of sp³-hybridized carbons (Fsp3) is 0.717. The molecule has 4 amide bonds. The molecule has 0 saturated heterocycles. The molecule has 0 aliphatic heterocycles. The molecule has 389 valence electrons. The monoisotopic (exact) mass is 1080 g/mol. The van der Waals surface area contributed by atoms with E-state index in [1.165, 1.54) is 25.4 Å². The van der Waals surface area contributed by atoms with E-state index in [4.69, 9.17) is 37.9 Å². The van der Waals surface area contributed by atoms with E-state index in [1.807, 2.05) is 13.1 Å². The number of unbranched alkanes of at least 4 members (excludes halogenated alkanes) is 7. The number of amides is 4. The maximum absolute atomic E-state index is 11.7. The molecular formula is C46H83N4O15Si2Y-. The zero-order chi connectivity index (χ0) is 50.6. The Morgan fingerprint density at radius 2 is 0.912 bits per heavy atom. The van der Waals surface area contributed by atoms with Crippen LogP contribution >= 0.6 is 0 Å². The van der Waals surface area contributed by atoms with Gasteiger partial charge in [0.05, 0.1) is 15.4 Å². The van der Waals surface area contributed by atoms with Crippen LogP contribution < -0.4 is 21.3 Å². The van der Waals surface area contributed by atoms with Crippen molar-refractivity contribution in [1.82, 2.24) is 21.3 Å². The topological polar surface area (TPSA) is 245 Å². The van der Waals surface area contributed by atoms with Crippen LogP contribution in [0, 0.1) is 19.0 Å². The first-order valence-corrected chi connectivity index (χ1v) is 29.8. The van der Waals surface area contributed by atoms with Crippen LogP contribution in [0.1, 0.15) is 84.5 Å². The van der Waals surface area contributed by atoms with Crippen molar-refractivity contribution in [2.75, 3.05) is 85.6 Å². The minimum Gasteiger partial charge on any atom is -0.459 e. The smallest absolute Gasteiger partial charge is 0.407 e. The van der Waals surface area contributed by atoms with E-state index in [2.05, 4.69) is 66.5 Å². The largest absolute Gasteiger partial charge is 0.459 e. The van der Waals surface area contributed by atoms with E-state index in [0.717, 1.165) is 64.2 Å². The van der Waals surface area contributed by atoms with Crippen molar-refractivity contribution in [2.24, 2.45) is 0 Å². The summed E-state index contributed by atoms with van der Waals surface area (Å²) in [6.07, 6.45) is 10.5. The molecule has 1 atom stereocenters. The van der Waals surface area contributed by atoms with Gasteiger partial charge >= 0.3 is 36.3 Å². The summed E-state index contributed by atoms with van der Waals surface area (Å²) in [6, 6.07) is 2.58. The van der Waals surface area contributed by atoms with Gasteiger partial charge in [0.15, 0.2) is 0 Å². The number of carbonyl (C=O) groups is 6. The summed E-state index contributed by atoms with van der Waals surface area (Å²) in [4.78, 5) is 68.4. The summed E-state index contributed by atoms with van der Waals surface area (Å²) in [6.45, 7) is 26.3. The predicted molar refractivity (Wildman–Crippen MR) is 262 cm³/mol. The molecule has 0 bridgehead atoms. The van der Waals surface area contributed by atoms with Crippen LogP contribution in [0.5, 0.6) is 0 Å². The Kier molecular flexibility index (Phi) is 47.4. The zero-order valence-corrected chi connectivity index (χ0v) is 46.9. The van der Waals surface area contributed by atoms with Crippen molar-refractivity contribution >= 4 is 53.2 Å². The van der Waals surface area contributed by atoms with Gasteiger partial charge in [-0.3, -0.25) is 0 Å². The summed E-state index contributed by atoms with van der Waals surface area (Å²) in [5, 5.41) is 20.1. The molecule has 0 heterocycles. The van der Waals surface area contributed by atoms with Gasteiger partial charge in [-0.2, -0.15) is 6.42 Å². The first-order valence-electron chi connectivity index (χ1n) is 23.4. The fourth-order valence-electron chi connectivity index (χ4n) is 5.13. The number of aliphatic hydroxyl groups excluding tert-OH is 1.